The van der Waals surface area contributed by atoms with Crippen molar-refractivity contribution in [2.75, 3.05) is 26.3 Å². The largest absolute Gasteiger partial charge is 0.462 e. The molecule has 0 aromatic heterocycles. The van der Waals surface area contributed by atoms with Gasteiger partial charge >= 0.3 is 12.1 Å². The number of alkyl halides is 3. The van der Waals surface area contributed by atoms with E-state index in [0.29, 0.717) is 25.3 Å². The third kappa shape index (κ3) is 3.74. The van der Waals surface area contributed by atoms with E-state index >= 15 is 0 Å². The monoisotopic (exact) mass is 303 g/mol. The zero-order valence-corrected chi connectivity index (χ0v) is 11.5. The van der Waals surface area contributed by atoms with Gasteiger partial charge in [-0.25, -0.2) is 4.79 Å². The molecule has 0 aliphatic carbocycles. The molecular formula is C14H16F3NO3. The molecule has 1 aromatic carbocycles. The fraction of sp³-hybridized carbons (Fsp3) is 0.500. The zero-order chi connectivity index (χ0) is 15.5. The smallest absolute Gasteiger partial charge is 0.416 e. The number of carbonyl (C=O) groups excluding carboxylic acids is 1. The molecule has 1 fully saturated rings. The summed E-state index contributed by atoms with van der Waals surface area (Å²) in [5, 5.41) is 3.08. The molecule has 1 atom stereocenters. The predicted molar refractivity (Wildman–Crippen MR) is 69.0 cm³/mol. The molecule has 1 N–H and O–H groups in total. The van der Waals surface area contributed by atoms with Crippen LogP contribution in [0, 0.1) is 0 Å². The van der Waals surface area contributed by atoms with Crippen molar-refractivity contribution in [1.82, 2.24) is 5.32 Å². The maximum absolute atomic E-state index is 12.8. The number of benzene rings is 1. The van der Waals surface area contributed by atoms with Crippen molar-refractivity contribution in [3.63, 3.8) is 0 Å². The van der Waals surface area contributed by atoms with Crippen molar-refractivity contribution in [2.24, 2.45) is 0 Å². The Morgan fingerprint density at radius 2 is 2.24 bits per heavy atom. The topological polar surface area (TPSA) is 47.6 Å². The first kappa shape index (κ1) is 15.8. The summed E-state index contributed by atoms with van der Waals surface area (Å²) < 4.78 is 48.7. The summed E-state index contributed by atoms with van der Waals surface area (Å²) in [7, 11) is 0. The van der Waals surface area contributed by atoms with Gasteiger partial charge in [0, 0.05) is 13.1 Å². The molecule has 0 saturated carbocycles. The SMILES string of the molecule is CCOC(=O)c1cc(C(F)(F)F)ccc1C1CNCCO1. The molecule has 1 heterocycles. The van der Waals surface area contributed by atoms with Gasteiger partial charge in [0.05, 0.1) is 30.4 Å². The zero-order valence-electron chi connectivity index (χ0n) is 11.5. The van der Waals surface area contributed by atoms with Crippen LogP contribution >= 0.6 is 0 Å². The first-order chi connectivity index (χ1) is 9.93. The number of ether oxygens (including phenoxy) is 2. The average molecular weight is 303 g/mol. The highest BCUT2D eigenvalue weighted by atomic mass is 19.4. The highest BCUT2D eigenvalue weighted by molar-refractivity contribution is 5.91. The third-order valence-corrected chi connectivity index (χ3v) is 3.15. The van der Waals surface area contributed by atoms with Crippen LogP contribution in [0.15, 0.2) is 18.2 Å². The molecule has 4 nitrogen and oxygen atoms in total. The molecule has 0 spiro atoms. The van der Waals surface area contributed by atoms with E-state index < -0.39 is 23.8 Å². The van der Waals surface area contributed by atoms with Crippen LogP contribution in [0.5, 0.6) is 0 Å². The standard InChI is InChI=1S/C14H16F3NO3/c1-2-20-13(19)11-7-9(14(15,16)17)3-4-10(11)12-8-18-5-6-21-12/h3-4,7,12,18H,2,5-6,8H2,1H3. The summed E-state index contributed by atoms with van der Waals surface area (Å²) in [4.78, 5) is 11.9. The van der Waals surface area contributed by atoms with Gasteiger partial charge in [0.1, 0.15) is 0 Å². The van der Waals surface area contributed by atoms with Crippen molar-refractivity contribution < 1.29 is 27.4 Å². The summed E-state index contributed by atoms with van der Waals surface area (Å²) in [6.45, 7) is 3.25. The van der Waals surface area contributed by atoms with E-state index in [1.54, 1.807) is 6.92 Å². The Labute approximate surface area is 120 Å². The van der Waals surface area contributed by atoms with E-state index in [2.05, 4.69) is 5.32 Å². The van der Waals surface area contributed by atoms with Crippen LogP contribution in [0.25, 0.3) is 0 Å². The molecule has 2 rings (SSSR count). The Bertz CT molecular complexity index is 511. The van der Waals surface area contributed by atoms with Crippen molar-refractivity contribution in [2.45, 2.75) is 19.2 Å². The minimum absolute atomic E-state index is 0.0955. The number of hydrogen-bond acceptors (Lipinski definition) is 4. The second-order valence-electron chi connectivity index (χ2n) is 4.58. The van der Waals surface area contributed by atoms with Gasteiger partial charge in [-0.05, 0) is 24.6 Å². The first-order valence-corrected chi connectivity index (χ1v) is 6.64. The number of halogens is 3. The van der Waals surface area contributed by atoms with Crippen LogP contribution < -0.4 is 5.32 Å². The molecule has 1 aliphatic heterocycles. The van der Waals surface area contributed by atoms with Crippen molar-refractivity contribution in [3.05, 3.63) is 34.9 Å². The van der Waals surface area contributed by atoms with Gasteiger partial charge in [0.2, 0.25) is 0 Å². The highest BCUT2D eigenvalue weighted by Crippen LogP contribution is 2.33. The number of morpholine rings is 1. The summed E-state index contributed by atoms with van der Waals surface area (Å²) >= 11 is 0. The van der Waals surface area contributed by atoms with Crippen LogP contribution in [0.1, 0.15) is 34.5 Å². The molecule has 0 amide bonds. The van der Waals surface area contributed by atoms with Crippen LogP contribution in [-0.4, -0.2) is 32.3 Å². The van der Waals surface area contributed by atoms with Crippen LogP contribution in [0.3, 0.4) is 0 Å². The Hall–Kier alpha value is -1.60. The molecular weight excluding hydrogens is 287 g/mol. The molecule has 1 unspecified atom stereocenters. The van der Waals surface area contributed by atoms with E-state index in [4.69, 9.17) is 9.47 Å². The molecule has 7 heteroatoms. The van der Waals surface area contributed by atoms with E-state index in [1.807, 2.05) is 0 Å². The molecule has 1 saturated heterocycles. The fourth-order valence-electron chi connectivity index (χ4n) is 2.16. The lowest BCUT2D eigenvalue weighted by Crippen LogP contribution is -2.34. The van der Waals surface area contributed by atoms with Crippen LogP contribution in [0.2, 0.25) is 0 Å². The molecule has 1 aliphatic rings. The predicted octanol–water partition coefficient (Wildman–Crippen LogP) is 2.54. The van der Waals surface area contributed by atoms with Crippen molar-refractivity contribution >= 4 is 5.97 Å². The lowest BCUT2D eigenvalue weighted by molar-refractivity contribution is -0.137. The van der Waals surface area contributed by atoms with Gasteiger partial charge < -0.3 is 14.8 Å². The van der Waals surface area contributed by atoms with Gasteiger partial charge in [-0.1, -0.05) is 6.07 Å². The van der Waals surface area contributed by atoms with E-state index in [-0.39, 0.29) is 12.2 Å². The number of carbonyl (C=O) groups is 1. The number of rotatable bonds is 3. The molecule has 0 radical (unpaired) electrons. The second-order valence-corrected chi connectivity index (χ2v) is 4.58. The van der Waals surface area contributed by atoms with E-state index in [9.17, 15) is 18.0 Å². The Balaban J connectivity index is 2.40. The normalized spacial score (nSPS) is 19.3. The summed E-state index contributed by atoms with van der Waals surface area (Å²) in [6, 6.07) is 3.06. The van der Waals surface area contributed by atoms with E-state index in [0.717, 1.165) is 12.1 Å². The minimum atomic E-state index is -4.51. The van der Waals surface area contributed by atoms with Gasteiger partial charge in [-0.15, -0.1) is 0 Å². The highest BCUT2D eigenvalue weighted by Gasteiger charge is 2.33. The van der Waals surface area contributed by atoms with Crippen molar-refractivity contribution in [1.29, 1.82) is 0 Å². The third-order valence-electron chi connectivity index (χ3n) is 3.15. The fourth-order valence-corrected chi connectivity index (χ4v) is 2.16. The second kappa shape index (κ2) is 6.44. The summed E-state index contributed by atoms with van der Waals surface area (Å²) in [6.07, 6.45) is -4.97. The molecule has 116 valence electrons. The summed E-state index contributed by atoms with van der Waals surface area (Å²) in [5.74, 6) is -0.771. The molecule has 0 bridgehead atoms. The van der Waals surface area contributed by atoms with Crippen LogP contribution in [0.4, 0.5) is 13.2 Å². The lowest BCUT2D eigenvalue weighted by Gasteiger charge is -2.26. The quantitative estimate of drug-likeness (QED) is 0.872. The Morgan fingerprint density at radius 3 is 2.81 bits per heavy atom. The van der Waals surface area contributed by atoms with Gasteiger partial charge in [0.25, 0.3) is 0 Å². The number of hydrogen-bond donors (Lipinski definition) is 1. The minimum Gasteiger partial charge on any atom is -0.462 e. The lowest BCUT2D eigenvalue weighted by atomic mass is 9.98. The molecule has 21 heavy (non-hydrogen) atoms. The maximum atomic E-state index is 12.8. The summed E-state index contributed by atoms with van der Waals surface area (Å²) in [5.41, 5.74) is -0.563. The molecule has 1 aromatic rings. The van der Waals surface area contributed by atoms with Gasteiger partial charge in [-0.2, -0.15) is 13.2 Å². The first-order valence-electron chi connectivity index (χ1n) is 6.64. The Morgan fingerprint density at radius 1 is 1.48 bits per heavy atom. The van der Waals surface area contributed by atoms with E-state index in [1.165, 1.54) is 6.07 Å². The van der Waals surface area contributed by atoms with Gasteiger partial charge in [0.15, 0.2) is 0 Å². The average Bonchev–Trinajstić information content (AvgIpc) is 2.47. The van der Waals surface area contributed by atoms with Crippen LogP contribution in [-0.2, 0) is 15.7 Å². The number of esters is 1. The van der Waals surface area contributed by atoms with Crippen molar-refractivity contribution in [3.8, 4) is 0 Å². The maximum Gasteiger partial charge on any atom is 0.416 e. The Kier molecular flexibility index (Phi) is 4.84. The van der Waals surface area contributed by atoms with Gasteiger partial charge in [-0.3, -0.25) is 0 Å². The number of nitrogens with one attached hydrogen (secondary N) is 1.